The third kappa shape index (κ3) is 7.30. The van der Waals surface area contributed by atoms with Crippen LogP contribution in [0.4, 0.5) is 23.2 Å². The predicted octanol–water partition coefficient (Wildman–Crippen LogP) is 4.06. The van der Waals surface area contributed by atoms with Crippen LogP contribution in [0.2, 0.25) is 0 Å². The molecule has 0 aliphatic heterocycles. The van der Waals surface area contributed by atoms with E-state index in [4.69, 9.17) is 0 Å². The molecule has 0 aromatic heterocycles. The maximum absolute atomic E-state index is 13.0. The number of alkyl halides is 3. The lowest BCUT2D eigenvalue weighted by Crippen LogP contribution is -2.44. The number of hydrogen-bond donors (Lipinski definition) is 2. The van der Waals surface area contributed by atoms with Crippen LogP contribution in [0.3, 0.4) is 0 Å². The van der Waals surface area contributed by atoms with Crippen LogP contribution in [0, 0.1) is 11.7 Å². The summed E-state index contributed by atoms with van der Waals surface area (Å²) < 4.78 is 80.8. The summed E-state index contributed by atoms with van der Waals surface area (Å²) in [6.45, 7) is 3.57. The van der Waals surface area contributed by atoms with Crippen LogP contribution in [-0.4, -0.2) is 26.7 Å². The maximum Gasteiger partial charge on any atom is 0.573 e. The van der Waals surface area contributed by atoms with E-state index in [1.165, 1.54) is 12.1 Å². The fraction of sp³-hybridized carbons (Fsp3) is 0.316. The topological polar surface area (TPSA) is 84.5 Å². The molecule has 0 aliphatic rings. The molecule has 0 spiro atoms. The SMILES string of the molecule is CC(C)C[C@H](NS(=O)(=O)c1ccc(F)cc1)C(=O)Nc1ccc(OC(F)(F)F)cc1. The lowest BCUT2D eigenvalue weighted by molar-refractivity contribution is -0.274. The van der Waals surface area contributed by atoms with Crippen LogP contribution < -0.4 is 14.8 Å². The van der Waals surface area contributed by atoms with Gasteiger partial charge in [-0.05, 0) is 60.9 Å². The van der Waals surface area contributed by atoms with Crippen molar-refractivity contribution in [3.8, 4) is 5.75 Å². The summed E-state index contributed by atoms with van der Waals surface area (Å²) in [6, 6.07) is 7.37. The van der Waals surface area contributed by atoms with Gasteiger partial charge in [-0.1, -0.05) is 13.8 Å². The fourth-order valence-corrected chi connectivity index (χ4v) is 3.73. The Kier molecular flexibility index (Phi) is 7.43. The Hall–Kier alpha value is -2.66. The molecule has 0 radical (unpaired) electrons. The highest BCUT2D eigenvalue weighted by Crippen LogP contribution is 2.24. The highest BCUT2D eigenvalue weighted by Gasteiger charge is 2.31. The first-order chi connectivity index (χ1) is 13.9. The molecule has 0 fully saturated rings. The lowest BCUT2D eigenvalue weighted by Gasteiger charge is -2.20. The molecule has 0 aliphatic carbocycles. The highest BCUT2D eigenvalue weighted by atomic mass is 32.2. The zero-order valence-corrected chi connectivity index (χ0v) is 16.9. The van der Waals surface area contributed by atoms with Gasteiger partial charge < -0.3 is 10.1 Å². The van der Waals surface area contributed by atoms with Gasteiger partial charge in [-0.15, -0.1) is 13.2 Å². The Balaban J connectivity index is 2.14. The molecular weight excluding hydrogens is 428 g/mol. The van der Waals surface area contributed by atoms with Crippen LogP contribution in [-0.2, 0) is 14.8 Å². The third-order valence-electron chi connectivity index (χ3n) is 3.80. The minimum Gasteiger partial charge on any atom is -0.406 e. The van der Waals surface area contributed by atoms with Crippen LogP contribution in [0.5, 0.6) is 5.75 Å². The van der Waals surface area contributed by atoms with Gasteiger partial charge in [0.05, 0.1) is 4.90 Å². The third-order valence-corrected chi connectivity index (χ3v) is 5.29. The van der Waals surface area contributed by atoms with E-state index in [1.807, 2.05) is 0 Å². The summed E-state index contributed by atoms with van der Waals surface area (Å²) in [5, 5.41) is 2.46. The van der Waals surface area contributed by atoms with Crippen molar-refractivity contribution in [2.45, 2.75) is 37.6 Å². The summed E-state index contributed by atoms with van der Waals surface area (Å²) in [5.74, 6) is -1.82. The number of carbonyl (C=O) groups is 1. The number of anilines is 1. The molecule has 2 aromatic carbocycles. The van der Waals surface area contributed by atoms with Gasteiger partial charge in [0.2, 0.25) is 15.9 Å². The van der Waals surface area contributed by atoms with Crippen LogP contribution in [0.15, 0.2) is 53.4 Å². The van der Waals surface area contributed by atoms with Gasteiger partial charge in [0, 0.05) is 5.69 Å². The number of sulfonamides is 1. The summed E-state index contributed by atoms with van der Waals surface area (Å²) in [7, 11) is -4.11. The molecular formula is C19H20F4N2O4S. The van der Waals surface area contributed by atoms with E-state index in [-0.39, 0.29) is 22.9 Å². The molecule has 0 heterocycles. The molecule has 0 unspecified atom stereocenters. The molecule has 164 valence electrons. The standard InChI is InChI=1S/C19H20F4N2O4S/c1-12(2)11-17(25-30(27,28)16-9-3-13(20)4-10-16)18(26)24-14-5-7-15(8-6-14)29-19(21,22)23/h3-10,12,17,25H,11H2,1-2H3,(H,24,26)/t17-/m0/s1. The van der Waals surface area contributed by atoms with E-state index < -0.39 is 39.9 Å². The van der Waals surface area contributed by atoms with Gasteiger partial charge in [0.25, 0.3) is 0 Å². The maximum atomic E-state index is 13.0. The molecule has 1 atom stereocenters. The molecule has 30 heavy (non-hydrogen) atoms. The first kappa shape index (κ1) is 23.6. The molecule has 2 aromatic rings. The number of carbonyl (C=O) groups excluding carboxylic acids is 1. The number of nitrogens with one attached hydrogen (secondary N) is 2. The van der Waals surface area contributed by atoms with E-state index >= 15 is 0 Å². The van der Waals surface area contributed by atoms with E-state index in [1.54, 1.807) is 13.8 Å². The lowest BCUT2D eigenvalue weighted by atomic mass is 10.0. The summed E-state index contributed by atoms with van der Waals surface area (Å²) >= 11 is 0. The zero-order chi connectivity index (χ0) is 22.5. The van der Waals surface area contributed by atoms with Crippen molar-refractivity contribution >= 4 is 21.6 Å². The largest absolute Gasteiger partial charge is 0.573 e. The van der Waals surface area contributed by atoms with Crippen molar-refractivity contribution in [2.24, 2.45) is 5.92 Å². The predicted molar refractivity (Wildman–Crippen MR) is 102 cm³/mol. The summed E-state index contributed by atoms with van der Waals surface area (Å²) in [6.07, 6.45) is -4.69. The molecule has 1 amide bonds. The van der Waals surface area contributed by atoms with Gasteiger partial charge in [0.15, 0.2) is 0 Å². The van der Waals surface area contributed by atoms with E-state index in [0.29, 0.717) is 0 Å². The quantitative estimate of drug-likeness (QED) is 0.597. The average Bonchev–Trinajstić information content (AvgIpc) is 2.61. The van der Waals surface area contributed by atoms with Gasteiger partial charge in [0.1, 0.15) is 17.6 Å². The van der Waals surface area contributed by atoms with Crippen molar-refractivity contribution < 1.29 is 35.5 Å². The highest BCUT2D eigenvalue weighted by molar-refractivity contribution is 7.89. The smallest absolute Gasteiger partial charge is 0.406 e. The second-order valence-corrected chi connectivity index (χ2v) is 8.53. The number of halogens is 4. The first-order valence-corrected chi connectivity index (χ1v) is 10.3. The van der Waals surface area contributed by atoms with Crippen LogP contribution >= 0.6 is 0 Å². The van der Waals surface area contributed by atoms with Gasteiger partial charge in [-0.25, -0.2) is 12.8 Å². The molecule has 6 nitrogen and oxygen atoms in total. The van der Waals surface area contributed by atoms with Crippen molar-refractivity contribution in [3.63, 3.8) is 0 Å². The molecule has 11 heteroatoms. The Bertz CT molecular complexity index is 960. The second kappa shape index (κ2) is 9.43. The number of rotatable bonds is 8. The van der Waals surface area contributed by atoms with Gasteiger partial charge in [-0.2, -0.15) is 4.72 Å². The Morgan fingerprint density at radius 1 is 1.03 bits per heavy atom. The number of benzene rings is 2. The van der Waals surface area contributed by atoms with Crippen molar-refractivity contribution in [2.75, 3.05) is 5.32 Å². The minimum atomic E-state index is -4.84. The van der Waals surface area contributed by atoms with Crippen LogP contribution in [0.25, 0.3) is 0 Å². The molecule has 0 saturated heterocycles. The summed E-state index contributed by atoms with van der Waals surface area (Å²) in [5.41, 5.74) is 0.157. The molecule has 0 bridgehead atoms. The molecule has 2 N–H and O–H groups in total. The zero-order valence-electron chi connectivity index (χ0n) is 16.0. The van der Waals surface area contributed by atoms with E-state index in [9.17, 15) is 30.8 Å². The second-order valence-electron chi connectivity index (χ2n) is 6.82. The molecule has 0 saturated carbocycles. The molecule has 2 rings (SSSR count). The van der Waals surface area contributed by atoms with E-state index in [0.717, 1.165) is 36.4 Å². The van der Waals surface area contributed by atoms with Crippen molar-refractivity contribution in [3.05, 3.63) is 54.3 Å². The fourth-order valence-electron chi connectivity index (χ4n) is 2.52. The van der Waals surface area contributed by atoms with Gasteiger partial charge in [-0.3, -0.25) is 4.79 Å². The number of hydrogen-bond acceptors (Lipinski definition) is 4. The van der Waals surface area contributed by atoms with Gasteiger partial charge >= 0.3 is 6.36 Å². The normalized spacial score (nSPS) is 13.2. The van der Waals surface area contributed by atoms with Crippen molar-refractivity contribution in [1.29, 1.82) is 0 Å². The Morgan fingerprint density at radius 2 is 1.60 bits per heavy atom. The average molecular weight is 448 g/mol. The van der Waals surface area contributed by atoms with E-state index in [2.05, 4.69) is 14.8 Å². The first-order valence-electron chi connectivity index (χ1n) is 8.80. The van der Waals surface area contributed by atoms with Crippen molar-refractivity contribution in [1.82, 2.24) is 4.72 Å². The number of amides is 1. The minimum absolute atomic E-state index is 0.0563. The Labute approximate surface area is 171 Å². The Morgan fingerprint density at radius 3 is 2.10 bits per heavy atom. The summed E-state index contributed by atoms with van der Waals surface area (Å²) in [4.78, 5) is 12.4. The van der Waals surface area contributed by atoms with Crippen LogP contribution in [0.1, 0.15) is 20.3 Å². The number of ether oxygens (including phenoxy) is 1. The monoisotopic (exact) mass is 448 g/mol.